The molecule has 0 saturated heterocycles. The lowest BCUT2D eigenvalue weighted by molar-refractivity contribution is -0.239. The molecule has 1 N–H and O–H groups in total. The Bertz CT molecular complexity index is 358. The van der Waals surface area contributed by atoms with Crippen molar-refractivity contribution in [3.8, 4) is 5.75 Å². The number of para-hydroxylation sites is 1. The van der Waals surface area contributed by atoms with Crippen molar-refractivity contribution in [2.75, 3.05) is 6.61 Å². The van der Waals surface area contributed by atoms with Crippen molar-refractivity contribution in [3.05, 3.63) is 29.8 Å². The lowest BCUT2D eigenvalue weighted by atomic mass is 10.0. The van der Waals surface area contributed by atoms with Crippen LogP contribution in [0, 0.1) is 0 Å². The zero-order valence-corrected chi connectivity index (χ0v) is 9.77. The van der Waals surface area contributed by atoms with Crippen molar-refractivity contribution in [2.45, 2.75) is 38.6 Å². The molecule has 0 saturated carbocycles. The third-order valence-corrected chi connectivity index (χ3v) is 3.16. The van der Waals surface area contributed by atoms with Crippen LogP contribution in [0.25, 0.3) is 0 Å². The minimum absolute atomic E-state index is 0.0118. The molecule has 16 heavy (non-hydrogen) atoms. The summed E-state index contributed by atoms with van der Waals surface area (Å²) in [4.78, 5) is 0. The van der Waals surface area contributed by atoms with Crippen LogP contribution in [-0.2, 0) is 4.74 Å². The van der Waals surface area contributed by atoms with Gasteiger partial charge in [0.2, 0.25) is 5.79 Å². The van der Waals surface area contributed by atoms with E-state index in [4.69, 9.17) is 9.47 Å². The molecule has 0 fully saturated rings. The van der Waals surface area contributed by atoms with Crippen molar-refractivity contribution in [2.24, 2.45) is 0 Å². The first kappa shape index (κ1) is 11.4. The third-order valence-electron chi connectivity index (χ3n) is 3.16. The number of fused-ring (bicyclic) bond motifs is 1. The molecule has 1 heterocycles. The van der Waals surface area contributed by atoms with Crippen LogP contribution >= 0.6 is 0 Å². The van der Waals surface area contributed by atoms with E-state index in [0.717, 1.165) is 24.2 Å². The highest BCUT2D eigenvalue weighted by atomic mass is 16.7. The Kier molecular flexibility index (Phi) is 3.17. The van der Waals surface area contributed by atoms with Crippen LogP contribution in [0.1, 0.15) is 38.4 Å². The Labute approximate surface area is 96.0 Å². The van der Waals surface area contributed by atoms with Crippen LogP contribution in [-0.4, -0.2) is 17.5 Å². The van der Waals surface area contributed by atoms with Crippen LogP contribution in [0.3, 0.4) is 0 Å². The summed E-state index contributed by atoms with van der Waals surface area (Å²) < 4.78 is 11.8. The maximum absolute atomic E-state index is 9.38. The van der Waals surface area contributed by atoms with E-state index in [1.54, 1.807) is 0 Å². The third kappa shape index (κ3) is 1.81. The summed E-state index contributed by atoms with van der Waals surface area (Å²) in [5.41, 5.74) is 0.933. The van der Waals surface area contributed by atoms with Crippen LogP contribution in [0.2, 0.25) is 0 Å². The van der Waals surface area contributed by atoms with Gasteiger partial charge in [0.05, 0.1) is 6.61 Å². The molecule has 0 spiro atoms. The maximum atomic E-state index is 9.38. The normalized spacial score (nSPS) is 22.3. The summed E-state index contributed by atoms with van der Waals surface area (Å²) in [6.45, 7) is 4.06. The Balaban J connectivity index is 2.38. The first-order valence-electron chi connectivity index (χ1n) is 5.81. The van der Waals surface area contributed by atoms with E-state index in [1.807, 2.05) is 38.1 Å². The quantitative estimate of drug-likeness (QED) is 0.854. The van der Waals surface area contributed by atoms with Gasteiger partial charge in [-0.1, -0.05) is 32.0 Å². The van der Waals surface area contributed by atoms with Gasteiger partial charge in [0, 0.05) is 18.4 Å². The van der Waals surface area contributed by atoms with Crippen molar-refractivity contribution >= 4 is 0 Å². The fourth-order valence-electron chi connectivity index (χ4n) is 2.08. The molecule has 1 atom stereocenters. The first-order valence-corrected chi connectivity index (χ1v) is 5.81. The van der Waals surface area contributed by atoms with E-state index in [9.17, 15) is 5.11 Å². The van der Waals surface area contributed by atoms with Gasteiger partial charge in [-0.25, -0.2) is 0 Å². The van der Waals surface area contributed by atoms with Gasteiger partial charge in [0.1, 0.15) is 11.9 Å². The molecule has 0 radical (unpaired) electrons. The van der Waals surface area contributed by atoms with Crippen molar-refractivity contribution in [3.63, 3.8) is 0 Å². The van der Waals surface area contributed by atoms with E-state index in [-0.39, 0.29) is 12.7 Å². The fraction of sp³-hybridized carbons (Fsp3) is 0.538. The average molecular weight is 222 g/mol. The topological polar surface area (TPSA) is 38.7 Å². The lowest BCUT2D eigenvalue weighted by Gasteiger charge is -2.40. The number of rotatable bonds is 3. The Morgan fingerprint density at radius 2 is 1.94 bits per heavy atom. The predicted octanol–water partition coefficient (Wildman–Crippen LogP) is 2.65. The minimum atomic E-state index is -0.582. The van der Waals surface area contributed by atoms with Crippen LogP contribution in [0.4, 0.5) is 0 Å². The van der Waals surface area contributed by atoms with Gasteiger partial charge >= 0.3 is 0 Å². The molecule has 1 unspecified atom stereocenters. The smallest absolute Gasteiger partial charge is 0.210 e. The van der Waals surface area contributed by atoms with Crippen LogP contribution < -0.4 is 4.74 Å². The highest BCUT2D eigenvalue weighted by molar-refractivity contribution is 5.37. The van der Waals surface area contributed by atoms with E-state index in [0.29, 0.717) is 0 Å². The van der Waals surface area contributed by atoms with Gasteiger partial charge < -0.3 is 14.6 Å². The maximum Gasteiger partial charge on any atom is 0.210 e. The van der Waals surface area contributed by atoms with E-state index >= 15 is 0 Å². The van der Waals surface area contributed by atoms with Gasteiger partial charge in [-0.2, -0.15) is 0 Å². The van der Waals surface area contributed by atoms with E-state index < -0.39 is 5.79 Å². The van der Waals surface area contributed by atoms with Gasteiger partial charge in [-0.15, -0.1) is 0 Å². The summed E-state index contributed by atoms with van der Waals surface area (Å²) in [6, 6.07) is 7.74. The Morgan fingerprint density at radius 3 is 2.56 bits per heavy atom. The molecule has 0 aliphatic carbocycles. The lowest BCUT2D eigenvalue weighted by Crippen LogP contribution is -2.43. The number of hydrogen-bond acceptors (Lipinski definition) is 3. The fourth-order valence-corrected chi connectivity index (χ4v) is 2.08. The van der Waals surface area contributed by atoms with Crippen LogP contribution in [0.15, 0.2) is 24.3 Å². The number of benzene rings is 1. The number of hydrogen-bond donors (Lipinski definition) is 1. The van der Waals surface area contributed by atoms with Crippen molar-refractivity contribution in [1.29, 1.82) is 0 Å². The summed E-state index contributed by atoms with van der Waals surface area (Å²) in [7, 11) is 0. The Hall–Kier alpha value is -1.06. The SMILES string of the molecule is CCC1(CC)Oc2ccccc2C(CO)O1. The monoisotopic (exact) mass is 222 g/mol. The standard InChI is InChI=1S/C13H18O3/c1-3-13(4-2)15-11-8-6-5-7-10(11)12(9-14)16-13/h5-8,12,14H,3-4,9H2,1-2H3. The molecular weight excluding hydrogens is 204 g/mol. The number of aliphatic hydroxyl groups excluding tert-OH is 1. The number of aliphatic hydroxyl groups is 1. The molecule has 0 amide bonds. The summed E-state index contributed by atoms with van der Waals surface area (Å²) >= 11 is 0. The van der Waals surface area contributed by atoms with Gasteiger partial charge in [-0.05, 0) is 6.07 Å². The largest absolute Gasteiger partial charge is 0.462 e. The second kappa shape index (κ2) is 4.44. The molecule has 3 nitrogen and oxygen atoms in total. The zero-order chi connectivity index (χ0) is 11.6. The molecular formula is C13H18O3. The Morgan fingerprint density at radius 1 is 1.25 bits per heavy atom. The molecule has 3 heteroatoms. The molecule has 2 rings (SSSR count). The molecule has 88 valence electrons. The second-order valence-electron chi connectivity index (χ2n) is 4.05. The van der Waals surface area contributed by atoms with Gasteiger partial charge in [0.25, 0.3) is 0 Å². The highest BCUT2D eigenvalue weighted by Gasteiger charge is 2.38. The first-order chi connectivity index (χ1) is 7.74. The summed E-state index contributed by atoms with van der Waals surface area (Å²) in [6.07, 6.45) is 1.27. The van der Waals surface area contributed by atoms with E-state index in [1.165, 1.54) is 0 Å². The van der Waals surface area contributed by atoms with Crippen molar-refractivity contribution < 1.29 is 14.6 Å². The zero-order valence-electron chi connectivity index (χ0n) is 9.77. The second-order valence-corrected chi connectivity index (χ2v) is 4.05. The summed E-state index contributed by atoms with van der Waals surface area (Å²) in [5, 5.41) is 9.38. The molecule has 1 aromatic carbocycles. The molecule has 1 aliphatic heterocycles. The minimum Gasteiger partial charge on any atom is -0.462 e. The highest BCUT2D eigenvalue weighted by Crippen LogP contribution is 2.41. The number of ether oxygens (including phenoxy) is 2. The van der Waals surface area contributed by atoms with Crippen LogP contribution in [0.5, 0.6) is 5.75 Å². The van der Waals surface area contributed by atoms with Gasteiger partial charge in [0.15, 0.2) is 0 Å². The molecule has 0 bridgehead atoms. The average Bonchev–Trinajstić information content (AvgIpc) is 2.37. The summed E-state index contributed by atoms with van der Waals surface area (Å²) in [5.74, 6) is 0.248. The van der Waals surface area contributed by atoms with Crippen molar-refractivity contribution in [1.82, 2.24) is 0 Å². The molecule has 1 aliphatic rings. The predicted molar refractivity (Wildman–Crippen MR) is 61.3 cm³/mol. The molecule has 0 aromatic heterocycles. The van der Waals surface area contributed by atoms with E-state index in [2.05, 4.69) is 0 Å². The molecule has 1 aromatic rings. The van der Waals surface area contributed by atoms with Gasteiger partial charge in [-0.3, -0.25) is 0 Å².